The highest BCUT2D eigenvalue weighted by Gasteiger charge is 2.26. The van der Waals surface area contributed by atoms with E-state index < -0.39 is 7.60 Å². The number of nitrogens with one attached hydrogen (secondary N) is 2. The molecule has 0 radical (unpaired) electrons. The average Bonchev–Trinajstić information content (AvgIpc) is 2.14. The van der Waals surface area contributed by atoms with Gasteiger partial charge in [-0.2, -0.15) is 0 Å². The molecular weight excluding hydrogens is 207 g/mol. The van der Waals surface area contributed by atoms with Crippen molar-refractivity contribution in [3.8, 4) is 0 Å². The summed E-state index contributed by atoms with van der Waals surface area (Å²) in [7, 11) is -2.36. The van der Waals surface area contributed by atoms with Crippen molar-refractivity contribution in [3.05, 3.63) is 0 Å². The van der Waals surface area contributed by atoms with Gasteiger partial charge >= 0.3 is 7.60 Å². The summed E-state index contributed by atoms with van der Waals surface area (Å²) in [5, 5.41) is 5.99. The molecule has 0 aliphatic carbocycles. The molecule has 0 saturated carbocycles. The Labute approximate surface area is 83.2 Å². The van der Waals surface area contributed by atoms with Crippen LogP contribution in [0.15, 0.2) is 0 Å². The van der Waals surface area contributed by atoms with Crippen molar-refractivity contribution in [1.82, 2.24) is 10.6 Å². The minimum absolute atomic E-state index is 0.0182. The minimum Gasteiger partial charge on any atom is -0.379 e. The van der Waals surface area contributed by atoms with E-state index in [1.807, 2.05) is 0 Å². The first-order valence-electron chi connectivity index (χ1n) is 4.54. The quantitative estimate of drug-likeness (QED) is 0.462. The van der Waals surface area contributed by atoms with Crippen LogP contribution in [0.1, 0.15) is 6.42 Å². The smallest absolute Gasteiger partial charge is 0.339 e. The third-order valence-electron chi connectivity index (χ3n) is 2.29. The molecular formula is C7H17N2O4P. The van der Waals surface area contributed by atoms with Crippen LogP contribution in [0, 0.1) is 0 Å². The third kappa shape index (κ3) is 4.04. The molecule has 1 saturated heterocycles. The van der Waals surface area contributed by atoms with E-state index >= 15 is 0 Å². The topological polar surface area (TPSA) is 90.8 Å². The molecule has 2 atom stereocenters. The maximum Gasteiger partial charge on any atom is 0.339 e. The van der Waals surface area contributed by atoms with Gasteiger partial charge < -0.3 is 25.2 Å². The first-order valence-corrected chi connectivity index (χ1v) is 6.34. The molecule has 1 rings (SSSR count). The highest BCUT2D eigenvalue weighted by molar-refractivity contribution is 7.51. The molecule has 0 amide bonds. The van der Waals surface area contributed by atoms with Crippen LogP contribution >= 0.6 is 7.60 Å². The van der Waals surface area contributed by atoms with Gasteiger partial charge in [-0.3, -0.25) is 4.57 Å². The Morgan fingerprint density at radius 1 is 1.64 bits per heavy atom. The zero-order chi connectivity index (χ0) is 10.6. The summed E-state index contributed by atoms with van der Waals surface area (Å²) in [5.74, 6) is 0. The van der Waals surface area contributed by atoms with Gasteiger partial charge in [0.25, 0.3) is 0 Å². The van der Waals surface area contributed by atoms with E-state index in [0.29, 0.717) is 0 Å². The number of hydrogen-bond acceptors (Lipinski definition) is 4. The number of rotatable bonds is 4. The lowest BCUT2D eigenvalue weighted by Gasteiger charge is -2.31. The molecule has 0 aromatic carbocycles. The van der Waals surface area contributed by atoms with E-state index in [4.69, 9.17) is 14.5 Å². The monoisotopic (exact) mass is 224 g/mol. The fourth-order valence-corrected chi connectivity index (χ4v) is 2.02. The minimum atomic E-state index is -3.96. The van der Waals surface area contributed by atoms with Crippen LogP contribution in [-0.4, -0.2) is 48.4 Å². The van der Waals surface area contributed by atoms with Crippen molar-refractivity contribution < 1.29 is 19.1 Å². The first kappa shape index (κ1) is 12.1. The molecule has 0 spiro atoms. The Morgan fingerprint density at radius 3 is 2.93 bits per heavy atom. The predicted octanol–water partition coefficient (Wildman–Crippen LogP) is -0.912. The van der Waals surface area contributed by atoms with Crippen LogP contribution in [0.5, 0.6) is 0 Å². The number of methoxy groups -OCH3 is 1. The van der Waals surface area contributed by atoms with Crippen LogP contribution in [0.4, 0.5) is 0 Å². The van der Waals surface area contributed by atoms with E-state index in [1.165, 1.54) is 0 Å². The van der Waals surface area contributed by atoms with Crippen molar-refractivity contribution in [2.75, 3.05) is 26.5 Å². The Balaban J connectivity index is 2.37. The average molecular weight is 224 g/mol. The fraction of sp³-hybridized carbons (Fsp3) is 1.00. The van der Waals surface area contributed by atoms with E-state index in [2.05, 4.69) is 10.6 Å². The molecule has 14 heavy (non-hydrogen) atoms. The molecule has 0 bridgehead atoms. The van der Waals surface area contributed by atoms with E-state index in [1.54, 1.807) is 7.11 Å². The van der Waals surface area contributed by atoms with Gasteiger partial charge in [0.15, 0.2) is 0 Å². The van der Waals surface area contributed by atoms with Crippen molar-refractivity contribution >= 4 is 7.60 Å². The SMILES string of the molecule is CO[C@H]1CNCC[C@H]1NCP(=O)(O)O. The Bertz CT molecular complexity index is 220. The van der Waals surface area contributed by atoms with Crippen molar-refractivity contribution in [3.63, 3.8) is 0 Å². The summed E-state index contributed by atoms with van der Waals surface area (Å²) < 4.78 is 15.8. The molecule has 1 heterocycles. The lowest BCUT2D eigenvalue weighted by Crippen LogP contribution is -2.52. The summed E-state index contributed by atoms with van der Waals surface area (Å²) in [6.07, 6.45) is 0.519. The summed E-state index contributed by atoms with van der Waals surface area (Å²) in [6, 6.07) is 0.0221. The van der Waals surface area contributed by atoms with Crippen molar-refractivity contribution in [2.45, 2.75) is 18.6 Å². The second kappa shape index (κ2) is 5.21. The van der Waals surface area contributed by atoms with E-state index in [-0.39, 0.29) is 18.4 Å². The summed E-state index contributed by atoms with van der Waals surface area (Å²) in [5.41, 5.74) is 0. The zero-order valence-electron chi connectivity index (χ0n) is 8.14. The van der Waals surface area contributed by atoms with Gasteiger partial charge in [-0.1, -0.05) is 0 Å². The Kier molecular flexibility index (Phi) is 4.50. The number of piperidine rings is 1. The molecule has 6 nitrogen and oxygen atoms in total. The third-order valence-corrected chi connectivity index (χ3v) is 2.88. The second-order valence-corrected chi connectivity index (χ2v) is 5.05. The van der Waals surface area contributed by atoms with Crippen molar-refractivity contribution in [1.29, 1.82) is 0 Å². The van der Waals surface area contributed by atoms with Gasteiger partial charge in [0.1, 0.15) is 0 Å². The Hall–Kier alpha value is 0.0300. The molecule has 1 fully saturated rings. The molecule has 7 heteroatoms. The summed E-state index contributed by atoms with van der Waals surface area (Å²) >= 11 is 0. The van der Waals surface area contributed by atoms with Gasteiger partial charge in [0, 0.05) is 19.7 Å². The zero-order valence-corrected chi connectivity index (χ0v) is 9.04. The first-order chi connectivity index (χ1) is 6.53. The highest BCUT2D eigenvalue weighted by Crippen LogP contribution is 2.32. The molecule has 1 aliphatic rings. The predicted molar refractivity (Wildman–Crippen MR) is 52.1 cm³/mol. The molecule has 4 N–H and O–H groups in total. The van der Waals surface area contributed by atoms with E-state index in [9.17, 15) is 4.57 Å². The summed E-state index contributed by atoms with van der Waals surface area (Å²) in [4.78, 5) is 17.4. The van der Waals surface area contributed by atoms with E-state index in [0.717, 1.165) is 19.5 Å². The normalized spacial score (nSPS) is 29.1. The lowest BCUT2D eigenvalue weighted by atomic mass is 10.0. The molecule has 0 aromatic heterocycles. The largest absolute Gasteiger partial charge is 0.379 e. The lowest BCUT2D eigenvalue weighted by molar-refractivity contribution is 0.0532. The standard InChI is InChI=1S/C7H17N2O4P/c1-13-7-4-8-3-2-6(7)9-5-14(10,11)12/h6-9H,2-5H2,1H3,(H2,10,11,12)/t6-,7+/m1/s1. The van der Waals surface area contributed by atoms with Gasteiger partial charge in [0.05, 0.1) is 12.4 Å². The fourth-order valence-electron chi connectivity index (χ4n) is 1.55. The van der Waals surface area contributed by atoms with Crippen LogP contribution in [-0.2, 0) is 9.30 Å². The van der Waals surface area contributed by atoms with Gasteiger partial charge in [-0.25, -0.2) is 0 Å². The maximum absolute atomic E-state index is 10.6. The van der Waals surface area contributed by atoms with Crippen LogP contribution in [0.25, 0.3) is 0 Å². The molecule has 1 aliphatic heterocycles. The molecule has 84 valence electrons. The number of hydrogen-bond donors (Lipinski definition) is 4. The molecule has 0 aromatic rings. The maximum atomic E-state index is 10.6. The van der Waals surface area contributed by atoms with Crippen LogP contribution in [0.3, 0.4) is 0 Å². The van der Waals surface area contributed by atoms with Crippen LogP contribution in [0.2, 0.25) is 0 Å². The van der Waals surface area contributed by atoms with Gasteiger partial charge in [0.2, 0.25) is 0 Å². The highest BCUT2D eigenvalue weighted by atomic mass is 31.2. The van der Waals surface area contributed by atoms with Gasteiger partial charge in [-0.15, -0.1) is 0 Å². The van der Waals surface area contributed by atoms with Gasteiger partial charge in [-0.05, 0) is 13.0 Å². The second-order valence-electron chi connectivity index (χ2n) is 3.40. The summed E-state index contributed by atoms with van der Waals surface area (Å²) in [6.45, 7) is 1.56. The number of ether oxygens (including phenoxy) is 1. The molecule has 0 unspecified atom stereocenters. The van der Waals surface area contributed by atoms with Crippen molar-refractivity contribution in [2.24, 2.45) is 0 Å². The van der Waals surface area contributed by atoms with Crippen LogP contribution < -0.4 is 10.6 Å². The Morgan fingerprint density at radius 2 is 2.36 bits per heavy atom.